The van der Waals surface area contributed by atoms with Crippen LogP contribution in [0.3, 0.4) is 0 Å². The quantitative estimate of drug-likeness (QED) is 0.277. The highest BCUT2D eigenvalue weighted by atomic mass is 127. The number of nitrogens with zero attached hydrogens (tertiary/aromatic N) is 2. The molecule has 1 unspecified atom stereocenters. The lowest BCUT2D eigenvalue weighted by Crippen LogP contribution is -2.46. The van der Waals surface area contributed by atoms with Gasteiger partial charge in [-0.3, -0.25) is 4.99 Å². The molecule has 1 heterocycles. The van der Waals surface area contributed by atoms with Crippen molar-refractivity contribution >= 4 is 29.9 Å². The summed E-state index contributed by atoms with van der Waals surface area (Å²) in [5, 5.41) is 3.50. The first-order chi connectivity index (χ1) is 11.8. The van der Waals surface area contributed by atoms with E-state index in [0.29, 0.717) is 0 Å². The van der Waals surface area contributed by atoms with Gasteiger partial charge in [-0.1, -0.05) is 37.3 Å². The second kappa shape index (κ2) is 13.4. The number of piperidine rings is 1. The van der Waals surface area contributed by atoms with Crippen LogP contribution in [0, 0.1) is 5.92 Å². The Hall–Kier alpha value is -0.820. The summed E-state index contributed by atoms with van der Waals surface area (Å²) in [7, 11) is 1.88. The third-order valence-electron chi connectivity index (χ3n) is 4.54. The summed E-state index contributed by atoms with van der Waals surface area (Å²) in [6.45, 7) is 7.21. The van der Waals surface area contributed by atoms with Crippen LogP contribution in [-0.2, 0) is 11.2 Å². The zero-order valence-corrected chi connectivity index (χ0v) is 18.1. The van der Waals surface area contributed by atoms with Gasteiger partial charge in [-0.05, 0) is 43.6 Å². The van der Waals surface area contributed by atoms with Crippen LogP contribution in [0.25, 0.3) is 0 Å². The monoisotopic (exact) mass is 459 g/mol. The zero-order valence-electron chi connectivity index (χ0n) is 15.7. The molecule has 4 nitrogen and oxygen atoms in total. The Morgan fingerprint density at radius 3 is 2.76 bits per heavy atom. The van der Waals surface area contributed by atoms with Crippen LogP contribution < -0.4 is 5.32 Å². The van der Waals surface area contributed by atoms with E-state index in [9.17, 15) is 0 Å². The normalized spacial score (nSPS) is 17.9. The van der Waals surface area contributed by atoms with Gasteiger partial charge in [0.05, 0.1) is 6.61 Å². The molecule has 0 bridgehead atoms. The highest BCUT2D eigenvalue weighted by molar-refractivity contribution is 14.0. The Bertz CT molecular complexity index is 481. The molecule has 1 aromatic carbocycles. The van der Waals surface area contributed by atoms with Crippen molar-refractivity contribution in [3.8, 4) is 0 Å². The molecular weight excluding hydrogens is 425 g/mol. The number of halogens is 1. The first kappa shape index (κ1) is 22.2. The van der Waals surface area contributed by atoms with E-state index < -0.39 is 0 Å². The first-order valence-electron chi connectivity index (χ1n) is 9.37. The zero-order chi connectivity index (χ0) is 17.0. The van der Waals surface area contributed by atoms with Crippen molar-refractivity contribution in [3.63, 3.8) is 0 Å². The SMILES string of the molecule is CN=C(NCCCCOCCc1ccccc1)N1CCCC(C)C1.I. The van der Waals surface area contributed by atoms with Crippen LogP contribution in [0.1, 0.15) is 38.2 Å². The van der Waals surface area contributed by atoms with Gasteiger partial charge in [-0.2, -0.15) is 0 Å². The Morgan fingerprint density at radius 2 is 2.04 bits per heavy atom. The fourth-order valence-corrected chi connectivity index (χ4v) is 3.18. The van der Waals surface area contributed by atoms with E-state index in [-0.39, 0.29) is 24.0 Å². The van der Waals surface area contributed by atoms with Crippen molar-refractivity contribution in [2.24, 2.45) is 10.9 Å². The van der Waals surface area contributed by atoms with Crippen LogP contribution in [-0.4, -0.2) is 50.8 Å². The van der Waals surface area contributed by atoms with E-state index in [0.717, 1.165) is 64.0 Å². The molecule has 1 aromatic rings. The molecule has 0 saturated carbocycles. The number of benzene rings is 1. The molecule has 2 rings (SSSR count). The molecule has 5 heteroatoms. The molecule has 0 aliphatic carbocycles. The molecular formula is C20H34IN3O. The predicted molar refractivity (Wildman–Crippen MR) is 117 cm³/mol. The standard InChI is InChI=1S/C20H33N3O.HI/c1-18-9-8-14-23(17-18)20(21-2)22-13-6-7-15-24-16-12-19-10-4-3-5-11-19;/h3-5,10-11,18H,6-9,12-17H2,1-2H3,(H,21,22);1H. The van der Waals surface area contributed by atoms with Gasteiger partial charge >= 0.3 is 0 Å². The average Bonchev–Trinajstić information content (AvgIpc) is 2.61. The van der Waals surface area contributed by atoms with E-state index in [2.05, 4.69) is 52.5 Å². The van der Waals surface area contributed by atoms with Crippen molar-refractivity contribution in [1.29, 1.82) is 0 Å². The highest BCUT2D eigenvalue weighted by Gasteiger charge is 2.18. The number of hydrogen-bond acceptors (Lipinski definition) is 2. The van der Waals surface area contributed by atoms with Gasteiger partial charge in [-0.15, -0.1) is 24.0 Å². The van der Waals surface area contributed by atoms with Crippen LogP contribution in [0.5, 0.6) is 0 Å². The third kappa shape index (κ3) is 8.90. The van der Waals surface area contributed by atoms with Gasteiger partial charge in [0.1, 0.15) is 0 Å². The number of guanidine groups is 1. The lowest BCUT2D eigenvalue weighted by molar-refractivity contribution is 0.133. The lowest BCUT2D eigenvalue weighted by Gasteiger charge is -2.33. The Kier molecular flexibility index (Phi) is 11.9. The lowest BCUT2D eigenvalue weighted by atomic mass is 10.0. The van der Waals surface area contributed by atoms with Gasteiger partial charge in [0.2, 0.25) is 0 Å². The van der Waals surface area contributed by atoms with E-state index in [1.807, 2.05) is 7.05 Å². The number of nitrogens with one attached hydrogen (secondary N) is 1. The van der Waals surface area contributed by atoms with Crippen molar-refractivity contribution in [1.82, 2.24) is 10.2 Å². The van der Waals surface area contributed by atoms with E-state index in [1.165, 1.54) is 18.4 Å². The van der Waals surface area contributed by atoms with Crippen molar-refractivity contribution < 1.29 is 4.74 Å². The van der Waals surface area contributed by atoms with Crippen LogP contribution >= 0.6 is 24.0 Å². The number of unbranched alkanes of at least 4 members (excludes halogenated alkanes) is 1. The number of ether oxygens (including phenoxy) is 1. The summed E-state index contributed by atoms with van der Waals surface area (Å²) in [5.74, 6) is 1.84. The van der Waals surface area contributed by atoms with Crippen LogP contribution in [0.2, 0.25) is 0 Å². The van der Waals surface area contributed by atoms with Gasteiger partial charge in [-0.25, -0.2) is 0 Å². The molecule has 1 aliphatic rings. The molecule has 142 valence electrons. The van der Waals surface area contributed by atoms with Crippen LogP contribution in [0.4, 0.5) is 0 Å². The Morgan fingerprint density at radius 1 is 1.24 bits per heavy atom. The molecule has 1 atom stereocenters. The van der Waals surface area contributed by atoms with E-state index in [1.54, 1.807) is 0 Å². The smallest absolute Gasteiger partial charge is 0.193 e. The molecule has 0 spiro atoms. The molecule has 1 fully saturated rings. The number of likely N-dealkylation sites (tertiary alicyclic amines) is 1. The summed E-state index contributed by atoms with van der Waals surface area (Å²) < 4.78 is 5.73. The van der Waals surface area contributed by atoms with E-state index >= 15 is 0 Å². The van der Waals surface area contributed by atoms with Crippen molar-refractivity contribution in [2.75, 3.05) is 39.9 Å². The minimum atomic E-state index is 0. The van der Waals surface area contributed by atoms with Gasteiger partial charge < -0.3 is 15.0 Å². The Balaban J connectivity index is 0.00000312. The molecule has 0 radical (unpaired) electrons. The maximum atomic E-state index is 5.73. The van der Waals surface area contributed by atoms with Crippen molar-refractivity contribution in [3.05, 3.63) is 35.9 Å². The van der Waals surface area contributed by atoms with Gasteiger partial charge in [0.15, 0.2) is 5.96 Å². The molecule has 1 aliphatic heterocycles. The second-order valence-electron chi connectivity index (χ2n) is 6.72. The number of hydrogen-bond donors (Lipinski definition) is 1. The summed E-state index contributed by atoms with van der Waals surface area (Å²) in [6, 6.07) is 10.5. The minimum Gasteiger partial charge on any atom is -0.381 e. The van der Waals surface area contributed by atoms with Crippen LogP contribution in [0.15, 0.2) is 35.3 Å². The Labute approximate surface area is 170 Å². The fraction of sp³-hybridized carbons (Fsp3) is 0.650. The molecule has 0 aromatic heterocycles. The summed E-state index contributed by atoms with van der Waals surface area (Å²) in [6.07, 6.45) is 5.83. The van der Waals surface area contributed by atoms with E-state index in [4.69, 9.17) is 4.74 Å². The minimum absolute atomic E-state index is 0. The predicted octanol–water partition coefficient (Wildman–Crippen LogP) is 3.95. The van der Waals surface area contributed by atoms with Gasteiger partial charge in [0.25, 0.3) is 0 Å². The summed E-state index contributed by atoms with van der Waals surface area (Å²) in [5.41, 5.74) is 1.35. The van der Waals surface area contributed by atoms with Gasteiger partial charge in [0, 0.05) is 33.3 Å². The topological polar surface area (TPSA) is 36.9 Å². The van der Waals surface area contributed by atoms with Crippen molar-refractivity contribution in [2.45, 2.75) is 39.0 Å². The molecule has 1 saturated heterocycles. The second-order valence-corrected chi connectivity index (χ2v) is 6.72. The molecule has 1 N–H and O–H groups in total. The number of rotatable bonds is 8. The average molecular weight is 459 g/mol. The molecule has 25 heavy (non-hydrogen) atoms. The third-order valence-corrected chi connectivity index (χ3v) is 4.54. The fourth-order valence-electron chi connectivity index (χ4n) is 3.18. The maximum absolute atomic E-state index is 5.73. The highest BCUT2D eigenvalue weighted by Crippen LogP contribution is 2.15. The summed E-state index contributed by atoms with van der Waals surface area (Å²) >= 11 is 0. The molecule has 0 amide bonds. The number of aliphatic imine (C=N–C) groups is 1. The largest absolute Gasteiger partial charge is 0.381 e. The first-order valence-corrected chi connectivity index (χ1v) is 9.37. The maximum Gasteiger partial charge on any atom is 0.193 e. The summed E-state index contributed by atoms with van der Waals surface area (Å²) in [4.78, 5) is 6.82.